The second-order valence-corrected chi connectivity index (χ2v) is 7.19. The number of anilines is 1. The predicted molar refractivity (Wildman–Crippen MR) is 108 cm³/mol. The van der Waals surface area contributed by atoms with E-state index in [4.69, 9.17) is 11.6 Å². The zero-order valence-electron chi connectivity index (χ0n) is 15.7. The van der Waals surface area contributed by atoms with E-state index in [1.54, 1.807) is 48.3 Å². The molecule has 1 N–H and O–H groups in total. The van der Waals surface area contributed by atoms with E-state index >= 15 is 0 Å². The number of carbonyl (C=O) groups is 3. The van der Waals surface area contributed by atoms with Crippen molar-refractivity contribution in [2.75, 3.05) is 25.0 Å². The molecule has 0 aromatic heterocycles. The summed E-state index contributed by atoms with van der Waals surface area (Å²) in [6.45, 7) is 1.02. The molecule has 6 nitrogen and oxygen atoms in total. The van der Waals surface area contributed by atoms with Gasteiger partial charge in [0.25, 0.3) is 5.91 Å². The Balaban J connectivity index is 1.51. The quantitative estimate of drug-likeness (QED) is 0.812. The molecule has 1 fully saturated rings. The van der Waals surface area contributed by atoms with E-state index in [2.05, 4.69) is 5.32 Å². The van der Waals surface area contributed by atoms with Crippen molar-refractivity contribution in [3.63, 3.8) is 0 Å². The number of halogens is 1. The Morgan fingerprint density at radius 1 is 1.18 bits per heavy atom. The Hall–Kier alpha value is -2.86. The maximum absolute atomic E-state index is 12.3. The van der Waals surface area contributed by atoms with Gasteiger partial charge in [-0.15, -0.1) is 0 Å². The summed E-state index contributed by atoms with van der Waals surface area (Å²) < 4.78 is 0. The SMILES string of the molecule is CN(Cc1cccc(Cl)c1)C(=O)CNC(=O)c1ccc(N2CCCC2=O)cc1. The zero-order chi connectivity index (χ0) is 20.1. The van der Waals surface area contributed by atoms with Gasteiger partial charge in [-0.2, -0.15) is 0 Å². The van der Waals surface area contributed by atoms with Crippen LogP contribution < -0.4 is 10.2 Å². The zero-order valence-corrected chi connectivity index (χ0v) is 16.4. The minimum atomic E-state index is -0.330. The molecule has 0 aliphatic carbocycles. The van der Waals surface area contributed by atoms with Gasteiger partial charge in [0.2, 0.25) is 11.8 Å². The smallest absolute Gasteiger partial charge is 0.251 e. The molecule has 2 aromatic carbocycles. The highest BCUT2D eigenvalue weighted by Crippen LogP contribution is 2.21. The summed E-state index contributed by atoms with van der Waals surface area (Å²) in [5.74, 6) is -0.429. The first kappa shape index (κ1) is 19.9. The van der Waals surface area contributed by atoms with Gasteiger partial charge < -0.3 is 15.1 Å². The molecule has 2 aromatic rings. The topological polar surface area (TPSA) is 69.7 Å². The molecular formula is C21H22ClN3O3. The van der Waals surface area contributed by atoms with E-state index in [1.807, 2.05) is 12.1 Å². The lowest BCUT2D eigenvalue weighted by atomic mass is 10.2. The van der Waals surface area contributed by atoms with Gasteiger partial charge in [-0.25, -0.2) is 0 Å². The fraction of sp³-hybridized carbons (Fsp3) is 0.286. The third kappa shape index (κ3) is 4.89. The maximum Gasteiger partial charge on any atom is 0.251 e. The molecular weight excluding hydrogens is 378 g/mol. The minimum Gasteiger partial charge on any atom is -0.343 e. The van der Waals surface area contributed by atoms with E-state index in [9.17, 15) is 14.4 Å². The first-order valence-electron chi connectivity index (χ1n) is 9.11. The fourth-order valence-electron chi connectivity index (χ4n) is 3.10. The molecule has 1 heterocycles. The van der Waals surface area contributed by atoms with Gasteiger partial charge in [0, 0.05) is 42.8 Å². The number of nitrogens with zero attached hydrogens (tertiary/aromatic N) is 2. The van der Waals surface area contributed by atoms with Crippen molar-refractivity contribution in [3.8, 4) is 0 Å². The number of rotatable bonds is 6. The normalized spacial score (nSPS) is 13.5. The molecule has 0 atom stereocenters. The lowest BCUT2D eigenvalue weighted by molar-refractivity contribution is -0.129. The highest BCUT2D eigenvalue weighted by Gasteiger charge is 2.21. The number of hydrogen-bond donors (Lipinski definition) is 1. The lowest BCUT2D eigenvalue weighted by Gasteiger charge is -2.18. The van der Waals surface area contributed by atoms with Crippen molar-refractivity contribution in [3.05, 3.63) is 64.7 Å². The van der Waals surface area contributed by atoms with Crippen molar-refractivity contribution in [1.29, 1.82) is 0 Å². The Morgan fingerprint density at radius 2 is 1.93 bits per heavy atom. The maximum atomic E-state index is 12.3. The molecule has 1 aliphatic heterocycles. The van der Waals surface area contributed by atoms with E-state index in [-0.39, 0.29) is 24.3 Å². The molecule has 3 amide bonds. The van der Waals surface area contributed by atoms with E-state index in [0.717, 1.165) is 17.7 Å². The van der Waals surface area contributed by atoms with Crippen molar-refractivity contribution in [2.45, 2.75) is 19.4 Å². The minimum absolute atomic E-state index is 0.0950. The molecule has 3 rings (SSSR count). The predicted octanol–water partition coefficient (Wildman–Crippen LogP) is 2.86. The van der Waals surface area contributed by atoms with E-state index in [1.165, 1.54) is 4.90 Å². The second-order valence-electron chi connectivity index (χ2n) is 6.76. The number of amides is 3. The summed E-state index contributed by atoms with van der Waals surface area (Å²) in [6.07, 6.45) is 1.42. The Bertz CT molecular complexity index is 883. The number of nitrogens with one attached hydrogen (secondary N) is 1. The largest absolute Gasteiger partial charge is 0.343 e. The standard InChI is InChI=1S/C21H22ClN3O3/c1-24(14-15-4-2-5-17(22)12-15)20(27)13-23-21(28)16-7-9-18(10-8-16)25-11-3-6-19(25)26/h2,4-5,7-10,12H,3,6,11,13-14H2,1H3,(H,23,28). The molecule has 0 saturated carbocycles. The number of hydrogen-bond acceptors (Lipinski definition) is 3. The van der Waals surface area contributed by atoms with Crippen molar-refractivity contribution < 1.29 is 14.4 Å². The van der Waals surface area contributed by atoms with Crippen LogP contribution in [0, 0.1) is 0 Å². The molecule has 146 valence electrons. The van der Waals surface area contributed by atoms with Gasteiger partial charge in [-0.1, -0.05) is 23.7 Å². The van der Waals surface area contributed by atoms with Crippen LogP contribution in [0.4, 0.5) is 5.69 Å². The van der Waals surface area contributed by atoms with Crippen molar-refractivity contribution >= 4 is 35.0 Å². The highest BCUT2D eigenvalue weighted by atomic mass is 35.5. The van der Waals surface area contributed by atoms with E-state index < -0.39 is 0 Å². The third-order valence-electron chi connectivity index (χ3n) is 4.65. The second kappa shape index (κ2) is 8.89. The van der Waals surface area contributed by atoms with Gasteiger partial charge in [-0.05, 0) is 48.4 Å². The Labute approximate surface area is 169 Å². The molecule has 1 saturated heterocycles. The first-order valence-corrected chi connectivity index (χ1v) is 9.49. The summed E-state index contributed by atoms with van der Waals surface area (Å²) in [4.78, 5) is 39.6. The van der Waals surface area contributed by atoms with Crippen LogP contribution in [0.15, 0.2) is 48.5 Å². The summed E-state index contributed by atoms with van der Waals surface area (Å²) in [7, 11) is 1.68. The van der Waals surface area contributed by atoms with Crippen LogP contribution in [0.2, 0.25) is 5.02 Å². The van der Waals surface area contributed by atoms with Crippen molar-refractivity contribution in [2.24, 2.45) is 0 Å². The highest BCUT2D eigenvalue weighted by molar-refractivity contribution is 6.30. The van der Waals surface area contributed by atoms with Crippen LogP contribution in [-0.2, 0) is 16.1 Å². The monoisotopic (exact) mass is 399 g/mol. The van der Waals surface area contributed by atoms with Gasteiger partial charge in [0.1, 0.15) is 0 Å². The summed E-state index contributed by atoms with van der Waals surface area (Å²) >= 11 is 5.96. The molecule has 7 heteroatoms. The van der Waals surface area contributed by atoms with Crippen molar-refractivity contribution in [1.82, 2.24) is 10.2 Å². The summed E-state index contributed by atoms with van der Waals surface area (Å²) in [6, 6.07) is 14.1. The fourth-order valence-corrected chi connectivity index (χ4v) is 3.32. The number of likely N-dealkylation sites (N-methyl/N-ethyl adjacent to an activating group) is 1. The first-order chi connectivity index (χ1) is 13.4. The molecule has 0 unspecified atom stereocenters. The van der Waals surface area contributed by atoms with Gasteiger partial charge in [0.05, 0.1) is 6.54 Å². The van der Waals surface area contributed by atoms with Crippen LogP contribution >= 0.6 is 11.6 Å². The van der Waals surface area contributed by atoms with Gasteiger partial charge in [0.15, 0.2) is 0 Å². The van der Waals surface area contributed by atoms with Crippen LogP contribution in [0.3, 0.4) is 0 Å². The van der Waals surface area contributed by atoms with E-state index in [0.29, 0.717) is 30.1 Å². The average molecular weight is 400 g/mol. The Morgan fingerprint density at radius 3 is 2.57 bits per heavy atom. The van der Waals surface area contributed by atoms with Crippen LogP contribution in [0.5, 0.6) is 0 Å². The summed E-state index contributed by atoms with van der Waals surface area (Å²) in [5, 5.41) is 3.25. The van der Waals surface area contributed by atoms with Crippen LogP contribution in [0.1, 0.15) is 28.8 Å². The molecule has 0 radical (unpaired) electrons. The molecule has 0 bridgehead atoms. The Kier molecular flexibility index (Phi) is 6.31. The number of benzene rings is 2. The van der Waals surface area contributed by atoms with Crippen LogP contribution in [0.25, 0.3) is 0 Å². The van der Waals surface area contributed by atoms with Gasteiger partial charge in [-0.3, -0.25) is 14.4 Å². The third-order valence-corrected chi connectivity index (χ3v) is 4.88. The molecule has 0 spiro atoms. The lowest BCUT2D eigenvalue weighted by Crippen LogP contribution is -2.37. The summed E-state index contributed by atoms with van der Waals surface area (Å²) in [5.41, 5.74) is 2.15. The molecule has 28 heavy (non-hydrogen) atoms. The molecule has 1 aliphatic rings. The average Bonchev–Trinajstić information content (AvgIpc) is 3.12. The van der Waals surface area contributed by atoms with Crippen LogP contribution in [-0.4, -0.2) is 42.8 Å². The number of carbonyl (C=O) groups excluding carboxylic acids is 3. The van der Waals surface area contributed by atoms with Gasteiger partial charge >= 0.3 is 0 Å².